The van der Waals surface area contributed by atoms with Gasteiger partial charge in [-0.15, -0.1) is 0 Å². The molecule has 1 aromatic heterocycles. The molecule has 3 rings (SSSR count). The highest BCUT2D eigenvalue weighted by atomic mass is 35.5. The van der Waals surface area contributed by atoms with E-state index in [2.05, 4.69) is 0 Å². The van der Waals surface area contributed by atoms with Crippen LogP contribution in [0.15, 0.2) is 42.6 Å². The summed E-state index contributed by atoms with van der Waals surface area (Å²) < 4.78 is 2.05. The molecule has 0 fully saturated rings. The van der Waals surface area contributed by atoms with Gasteiger partial charge in [0, 0.05) is 23.2 Å². The Labute approximate surface area is 136 Å². The molecular formula is C15H9Cl4N. The second kappa shape index (κ2) is 5.50. The van der Waals surface area contributed by atoms with Gasteiger partial charge in [-0.1, -0.05) is 58.5 Å². The van der Waals surface area contributed by atoms with Crippen molar-refractivity contribution in [3.8, 4) is 0 Å². The van der Waals surface area contributed by atoms with Crippen LogP contribution in [0.2, 0.25) is 20.1 Å². The number of halogens is 4. The Morgan fingerprint density at radius 3 is 2.50 bits per heavy atom. The number of rotatable bonds is 2. The second-order valence-corrected chi connectivity index (χ2v) is 6.11. The summed E-state index contributed by atoms with van der Waals surface area (Å²) in [6.45, 7) is 0.611. The van der Waals surface area contributed by atoms with Crippen LogP contribution in [0.3, 0.4) is 0 Å². The fourth-order valence-corrected chi connectivity index (χ4v) is 3.14. The molecule has 0 N–H and O–H groups in total. The van der Waals surface area contributed by atoms with Crippen molar-refractivity contribution in [3.05, 3.63) is 68.2 Å². The number of fused-ring (bicyclic) bond motifs is 1. The third kappa shape index (κ3) is 2.51. The third-order valence-corrected chi connectivity index (χ3v) is 4.56. The summed E-state index contributed by atoms with van der Waals surface area (Å²) in [6, 6.07) is 11.2. The molecule has 0 aliphatic heterocycles. The van der Waals surface area contributed by atoms with Crippen LogP contribution in [0.4, 0.5) is 0 Å². The van der Waals surface area contributed by atoms with Crippen molar-refractivity contribution in [1.82, 2.24) is 4.57 Å². The summed E-state index contributed by atoms with van der Waals surface area (Å²) in [4.78, 5) is 0. The maximum Gasteiger partial charge on any atom is 0.0642 e. The predicted octanol–water partition coefficient (Wildman–Crippen LogP) is 6.30. The highest BCUT2D eigenvalue weighted by Gasteiger charge is 2.09. The van der Waals surface area contributed by atoms with Crippen LogP contribution in [-0.2, 0) is 6.54 Å². The molecule has 0 saturated heterocycles. The molecule has 0 amide bonds. The van der Waals surface area contributed by atoms with E-state index in [4.69, 9.17) is 46.4 Å². The number of benzene rings is 2. The van der Waals surface area contributed by atoms with Crippen LogP contribution in [0.25, 0.3) is 10.9 Å². The summed E-state index contributed by atoms with van der Waals surface area (Å²) in [5.41, 5.74) is 1.92. The van der Waals surface area contributed by atoms with Gasteiger partial charge < -0.3 is 4.57 Å². The maximum atomic E-state index is 6.23. The lowest BCUT2D eigenvalue weighted by Gasteiger charge is -2.09. The molecular weight excluding hydrogens is 336 g/mol. The second-order valence-electron chi connectivity index (χ2n) is 4.48. The van der Waals surface area contributed by atoms with E-state index in [0.29, 0.717) is 26.6 Å². The summed E-state index contributed by atoms with van der Waals surface area (Å²) in [7, 11) is 0. The van der Waals surface area contributed by atoms with E-state index in [9.17, 15) is 0 Å². The predicted molar refractivity (Wildman–Crippen MR) is 87.5 cm³/mol. The van der Waals surface area contributed by atoms with Crippen LogP contribution in [0, 0.1) is 0 Å². The van der Waals surface area contributed by atoms with Crippen LogP contribution in [0.1, 0.15) is 5.56 Å². The number of nitrogens with zero attached hydrogens (tertiary/aromatic N) is 1. The summed E-state index contributed by atoms with van der Waals surface area (Å²) in [5.74, 6) is 0. The van der Waals surface area contributed by atoms with Crippen LogP contribution in [0.5, 0.6) is 0 Å². The minimum Gasteiger partial charge on any atom is -0.343 e. The van der Waals surface area contributed by atoms with Gasteiger partial charge in [0.1, 0.15) is 0 Å². The largest absolute Gasteiger partial charge is 0.343 e. The van der Waals surface area contributed by atoms with Gasteiger partial charge in [-0.25, -0.2) is 0 Å². The highest BCUT2D eigenvalue weighted by Crippen LogP contribution is 2.31. The molecule has 20 heavy (non-hydrogen) atoms. The first-order valence-corrected chi connectivity index (χ1v) is 7.44. The molecule has 1 heterocycles. The summed E-state index contributed by atoms with van der Waals surface area (Å²) in [6.07, 6.45) is 1.96. The van der Waals surface area contributed by atoms with Gasteiger partial charge in [0.2, 0.25) is 0 Å². The van der Waals surface area contributed by atoms with E-state index in [1.54, 1.807) is 12.1 Å². The lowest BCUT2D eigenvalue weighted by Crippen LogP contribution is -1.98. The lowest BCUT2D eigenvalue weighted by atomic mass is 10.2. The molecule has 0 aliphatic carbocycles. The number of hydrogen-bond donors (Lipinski definition) is 0. The first-order chi connectivity index (χ1) is 9.56. The molecule has 0 atom stereocenters. The van der Waals surface area contributed by atoms with E-state index in [1.165, 1.54) is 0 Å². The van der Waals surface area contributed by atoms with Gasteiger partial charge in [-0.05, 0) is 29.8 Å². The van der Waals surface area contributed by atoms with E-state index < -0.39 is 0 Å². The van der Waals surface area contributed by atoms with Crippen molar-refractivity contribution in [2.45, 2.75) is 6.54 Å². The third-order valence-electron chi connectivity index (χ3n) is 3.18. The van der Waals surface area contributed by atoms with Crippen molar-refractivity contribution >= 4 is 57.3 Å². The Balaban J connectivity index is 2.09. The minimum atomic E-state index is 0.552. The van der Waals surface area contributed by atoms with Crippen molar-refractivity contribution in [3.63, 3.8) is 0 Å². The van der Waals surface area contributed by atoms with Gasteiger partial charge in [-0.3, -0.25) is 0 Å². The number of hydrogen-bond acceptors (Lipinski definition) is 0. The maximum absolute atomic E-state index is 6.23. The molecule has 0 spiro atoms. The summed E-state index contributed by atoms with van der Waals surface area (Å²) in [5, 5.41) is 3.35. The standard InChI is InChI=1S/C15H9Cl4N/c16-10-6-13(18)11-4-5-20(14(11)7-10)8-9-2-1-3-12(17)15(9)19/h1-7H,8H2. The van der Waals surface area contributed by atoms with Gasteiger partial charge in [0.15, 0.2) is 0 Å². The van der Waals surface area contributed by atoms with Crippen molar-refractivity contribution < 1.29 is 0 Å². The van der Waals surface area contributed by atoms with Gasteiger partial charge in [0.05, 0.1) is 20.6 Å². The zero-order valence-electron chi connectivity index (χ0n) is 10.2. The molecule has 0 unspecified atom stereocenters. The zero-order chi connectivity index (χ0) is 14.3. The van der Waals surface area contributed by atoms with Crippen molar-refractivity contribution in [2.24, 2.45) is 0 Å². The lowest BCUT2D eigenvalue weighted by molar-refractivity contribution is 0.837. The van der Waals surface area contributed by atoms with Crippen LogP contribution < -0.4 is 0 Å². The molecule has 3 aromatic rings. The topological polar surface area (TPSA) is 4.93 Å². The minimum absolute atomic E-state index is 0.552. The zero-order valence-corrected chi connectivity index (χ0v) is 13.2. The van der Waals surface area contributed by atoms with Crippen molar-refractivity contribution in [1.29, 1.82) is 0 Å². The molecule has 0 radical (unpaired) electrons. The van der Waals surface area contributed by atoms with Gasteiger partial charge >= 0.3 is 0 Å². The fraction of sp³-hybridized carbons (Fsp3) is 0.0667. The molecule has 1 nitrogen and oxygen atoms in total. The molecule has 0 bridgehead atoms. The molecule has 102 valence electrons. The van der Waals surface area contributed by atoms with Gasteiger partial charge in [-0.2, -0.15) is 0 Å². The quantitative estimate of drug-likeness (QED) is 0.513. The van der Waals surface area contributed by atoms with Crippen molar-refractivity contribution in [2.75, 3.05) is 0 Å². The van der Waals surface area contributed by atoms with Crippen LogP contribution >= 0.6 is 46.4 Å². The fourth-order valence-electron chi connectivity index (χ4n) is 2.21. The van der Waals surface area contributed by atoms with E-state index in [1.807, 2.05) is 35.0 Å². The Morgan fingerprint density at radius 2 is 1.70 bits per heavy atom. The average molecular weight is 345 g/mol. The average Bonchev–Trinajstić information content (AvgIpc) is 2.78. The molecule has 0 saturated carbocycles. The normalized spacial score (nSPS) is 11.2. The Morgan fingerprint density at radius 1 is 0.900 bits per heavy atom. The Kier molecular flexibility index (Phi) is 3.87. The van der Waals surface area contributed by atoms with E-state index in [-0.39, 0.29) is 0 Å². The SMILES string of the molecule is Clc1cc(Cl)c2ccn(Cc3cccc(Cl)c3Cl)c2c1. The molecule has 2 aromatic carbocycles. The van der Waals surface area contributed by atoms with Crippen LogP contribution in [-0.4, -0.2) is 4.57 Å². The van der Waals surface area contributed by atoms with Gasteiger partial charge in [0.25, 0.3) is 0 Å². The first-order valence-electron chi connectivity index (χ1n) is 5.93. The monoisotopic (exact) mass is 343 g/mol. The number of aromatic nitrogens is 1. The Hall–Kier alpha value is -0.860. The molecule has 5 heteroatoms. The highest BCUT2D eigenvalue weighted by molar-refractivity contribution is 6.42. The summed E-state index contributed by atoms with van der Waals surface area (Å²) >= 11 is 24.5. The van der Waals surface area contributed by atoms with E-state index in [0.717, 1.165) is 16.5 Å². The Bertz CT molecular complexity index is 792. The first kappa shape index (κ1) is 14.1. The smallest absolute Gasteiger partial charge is 0.0642 e. The molecule has 0 aliphatic rings. The van der Waals surface area contributed by atoms with E-state index >= 15 is 0 Å².